The Morgan fingerprint density at radius 2 is 0.696 bits per heavy atom. The summed E-state index contributed by atoms with van der Waals surface area (Å²) in [6.07, 6.45) is 0. The molecule has 0 aliphatic carbocycles. The number of benzene rings is 9. The van der Waals surface area contributed by atoms with Gasteiger partial charge in [0.25, 0.3) is 0 Å². The van der Waals surface area contributed by atoms with Crippen LogP contribution >= 0.6 is 0 Å². The second kappa shape index (κ2) is 12.7. The summed E-state index contributed by atoms with van der Waals surface area (Å²) in [5.74, 6) is -4.31. The number of furan rings is 1. The van der Waals surface area contributed by atoms with Crippen LogP contribution in [0.15, 0.2) is 168 Å². The summed E-state index contributed by atoms with van der Waals surface area (Å²) < 4.78 is 6.36. The van der Waals surface area contributed by atoms with Crippen molar-refractivity contribution in [3.05, 3.63) is 164 Å². The molecule has 6 heteroatoms. The minimum Gasteiger partial charge on any atom is -0.504 e. The highest BCUT2D eigenvalue weighted by atomic mass is 16.4. The quantitative estimate of drug-likeness (QED) is 0.0685. The Morgan fingerprint density at radius 1 is 0.268 bits per heavy atom. The molecule has 0 atom stereocenters. The molecular weight excluding hydrogens is 697 g/mol. The van der Waals surface area contributed by atoms with Crippen LogP contribution in [-0.4, -0.2) is 25.5 Å². The van der Waals surface area contributed by atoms with E-state index in [1.54, 1.807) is 0 Å². The lowest BCUT2D eigenvalue weighted by atomic mass is 9.84. The summed E-state index contributed by atoms with van der Waals surface area (Å²) in [5.41, 5.74) is 10.3. The molecule has 0 amide bonds. The molecule has 0 radical (unpaired) electrons. The van der Waals surface area contributed by atoms with Crippen LogP contribution < -0.4 is 0 Å². The second-order valence-electron chi connectivity index (χ2n) is 13.9. The van der Waals surface area contributed by atoms with Crippen LogP contribution in [0.4, 0.5) is 0 Å². The number of phenolic OH excluding ortho intramolecular Hbond substituents is 5. The Labute approximate surface area is 320 Å². The van der Waals surface area contributed by atoms with E-state index in [1.807, 2.05) is 91.0 Å². The zero-order chi connectivity index (χ0) is 38.1. The second-order valence-corrected chi connectivity index (χ2v) is 13.9. The first-order valence-corrected chi connectivity index (χ1v) is 18.2. The van der Waals surface area contributed by atoms with E-state index >= 15 is 0 Å². The minimum atomic E-state index is -0.999. The first-order valence-electron chi connectivity index (χ1n) is 18.2. The third kappa shape index (κ3) is 4.97. The van der Waals surface area contributed by atoms with Crippen molar-refractivity contribution >= 4 is 43.5 Å². The predicted octanol–water partition coefficient (Wildman–Crippen LogP) is 12.8. The van der Waals surface area contributed by atoms with Gasteiger partial charge in [-0.25, -0.2) is 0 Å². The lowest BCUT2D eigenvalue weighted by Gasteiger charge is -2.20. The molecule has 268 valence electrons. The Kier molecular flexibility index (Phi) is 7.47. The molecule has 0 bridgehead atoms. The molecule has 0 fully saturated rings. The fourth-order valence-corrected chi connectivity index (χ4v) is 8.26. The van der Waals surface area contributed by atoms with E-state index in [0.717, 1.165) is 77.2 Å². The van der Waals surface area contributed by atoms with Gasteiger partial charge in [0.15, 0.2) is 11.5 Å². The van der Waals surface area contributed by atoms with Gasteiger partial charge in [0.1, 0.15) is 11.2 Å². The van der Waals surface area contributed by atoms with Crippen LogP contribution in [0.1, 0.15) is 0 Å². The van der Waals surface area contributed by atoms with E-state index in [-0.39, 0.29) is 5.56 Å². The lowest BCUT2D eigenvalue weighted by molar-refractivity contribution is 0.330. The fraction of sp³-hybridized carbons (Fsp3) is 0. The van der Waals surface area contributed by atoms with Gasteiger partial charge in [0.05, 0.1) is 5.56 Å². The number of hydrogen-bond acceptors (Lipinski definition) is 6. The van der Waals surface area contributed by atoms with Crippen LogP contribution in [0.3, 0.4) is 0 Å². The predicted molar refractivity (Wildman–Crippen MR) is 224 cm³/mol. The van der Waals surface area contributed by atoms with Crippen LogP contribution in [-0.2, 0) is 0 Å². The molecule has 1 heterocycles. The summed E-state index contributed by atoms with van der Waals surface area (Å²) in [6.45, 7) is 0. The van der Waals surface area contributed by atoms with Crippen LogP contribution in [0.5, 0.6) is 28.7 Å². The molecule has 6 nitrogen and oxygen atoms in total. The van der Waals surface area contributed by atoms with Crippen molar-refractivity contribution in [1.82, 2.24) is 0 Å². The number of para-hydroxylation sites is 1. The highest BCUT2D eigenvalue weighted by Crippen LogP contribution is 2.58. The first-order chi connectivity index (χ1) is 27.4. The van der Waals surface area contributed by atoms with E-state index in [0.29, 0.717) is 16.3 Å². The number of phenols is 5. The molecule has 10 aromatic rings. The Balaban J connectivity index is 1.17. The molecule has 9 aromatic carbocycles. The van der Waals surface area contributed by atoms with Crippen LogP contribution in [0.25, 0.3) is 99.1 Å². The molecule has 0 saturated heterocycles. The van der Waals surface area contributed by atoms with Gasteiger partial charge in [-0.05, 0) is 72.6 Å². The average Bonchev–Trinajstić information content (AvgIpc) is 3.64. The van der Waals surface area contributed by atoms with Crippen LogP contribution in [0, 0.1) is 0 Å². The molecule has 0 unspecified atom stereocenters. The van der Waals surface area contributed by atoms with Crippen LogP contribution in [0.2, 0.25) is 0 Å². The maximum atomic E-state index is 11.1. The first kappa shape index (κ1) is 32.9. The van der Waals surface area contributed by atoms with Gasteiger partial charge in [-0.2, -0.15) is 0 Å². The number of hydrogen-bond donors (Lipinski definition) is 5. The Hall–Kier alpha value is -7.70. The van der Waals surface area contributed by atoms with Gasteiger partial charge >= 0.3 is 0 Å². The van der Waals surface area contributed by atoms with Crippen molar-refractivity contribution in [2.45, 2.75) is 0 Å². The maximum Gasteiger partial charge on any atom is 0.208 e. The highest BCUT2D eigenvalue weighted by molar-refractivity contribution is 6.23. The lowest BCUT2D eigenvalue weighted by Crippen LogP contribution is -1.92. The molecule has 0 aliphatic heterocycles. The van der Waals surface area contributed by atoms with Crippen molar-refractivity contribution in [2.24, 2.45) is 0 Å². The van der Waals surface area contributed by atoms with Gasteiger partial charge in [0, 0.05) is 21.9 Å². The molecule has 0 saturated carbocycles. The average molecular weight is 729 g/mol. The molecule has 0 spiro atoms. The Morgan fingerprint density at radius 3 is 1.29 bits per heavy atom. The molecule has 56 heavy (non-hydrogen) atoms. The van der Waals surface area contributed by atoms with Crippen molar-refractivity contribution < 1.29 is 29.9 Å². The van der Waals surface area contributed by atoms with Gasteiger partial charge in [-0.1, -0.05) is 152 Å². The third-order valence-electron chi connectivity index (χ3n) is 10.9. The fourth-order valence-electron chi connectivity index (χ4n) is 8.26. The SMILES string of the molecule is Oc1c(O)c(O)c(-c2c3ccccc3c(-c3ccc(-c4ccc5oc6ccccc6c5c4-c4ccc(-c5ccccc5)cc4)cc3)c3ccccc23)c(O)c1O. The standard InChI is InChI=1S/C50H32O6/c51-46-45(47(52)49(54)50(55)48(46)53)43-36-14-6-4-12-34(36)41(35-13-5-7-15-37(35)43)31-24-20-30(21-25-31)33-26-27-40-44(38-16-8-9-17-39(38)56-40)42(33)32-22-18-29(19-23-32)28-10-2-1-3-11-28/h1-27,51-55H. The highest BCUT2D eigenvalue weighted by Gasteiger charge is 2.28. The largest absolute Gasteiger partial charge is 0.504 e. The maximum absolute atomic E-state index is 11.1. The van der Waals surface area contributed by atoms with E-state index in [9.17, 15) is 25.5 Å². The third-order valence-corrected chi connectivity index (χ3v) is 10.9. The van der Waals surface area contributed by atoms with Crippen molar-refractivity contribution in [2.75, 3.05) is 0 Å². The van der Waals surface area contributed by atoms with Gasteiger partial charge in [0.2, 0.25) is 17.2 Å². The van der Waals surface area contributed by atoms with Crippen molar-refractivity contribution in [3.8, 4) is 84.4 Å². The molecule has 10 rings (SSSR count). The minimum absolute atomic E-state index is 0.182. The van der Waals surface area contributed by atoms with E-state index in [2.05, 4.69) is 72.8 Å². The molecular formula is C50H32O6. The zero-order valence-corrected chi connectivity index (χ0v) is 29.7. The molecule has 1 aromatic heterocycles. The number of fused-ring (bicyclic) bond motifs is 5. The topological polar surface area (TPSA) is 114 Å². The van der Waals surface area contributed by atoms with Gasteiger partial charge in [-0.3, -0.25) is 0 Å². The van der Waals surface area contributed by atoms with Gasteiger partial charge in [-0.15, -0.1) is 0 Å². The monoisotopic (exact) mass is 728 g/mol. The van der Waals surface area contributed by atoms with E-state index in [4.69, 9.17) is 4.42 Å². The van der Waals surface area contributed by atoms with Crippen molar-refractivity contribution in [1.29, 1.82) is 0 Å². The van der Waals surface area contributed by atoms with Gasteiger partial charge < -0.3 is 29.9 Å². The summed E-state index contributed by atoms with van der Waals surface area (Å²) in [5, 5.41) is 58.4. The molecule has 5 N–H and O–H groups in total. The van der Waals surface area contributed by atoms with Crippen molar-refractivity contribution in [3.63, 3.8) is 0 Å². The normalized spacial score (nSPS) is 11.6. The summed E-state index contributed by atoms with van der Waals surface area (Å²) in [7, 11) is 0. The van der Waals surface area contributed by atoms with E-state index in [1.165, 1.54) is 0 Å². The number of aromatic hydroxyl groups is 5. The Bertz CT molecular complexity index is 3080. The number of rotatable bonds is 5. The zero-order valence-electron chi connectivity index (χ0n) is 29.7. The summed E-state index contributed by atoms with van der Waals surface area (Å²) >= 11 is 0. The van der Waals surface area contributed by atoms with E-state index < -0.39 is 28.7 Å². The summed E-state index contributed by atoms with van der Waals surface area (Å²) in [6, 6.07) is 55.0. The smallest absolute Gasteiger partial charge is 0.208 e. The molecule has 0 aliphatic rings. The summed E-state index contributed by atoms with van der Waals surface area (Å²) in [4.78, 5) is 0.